The molecule has 0 aliphatic carbocycles. The van der Waals surface area contributed by atoms with Crippen LogP contribution in [-0.2, 0) is 20.3 Å². The molecule has 9 nitrogen and oxygen atoms in total. The third kappa shape index (κ3) is 3.71. The third-order valence-electron chi connectivity index (χ3n) is 4.94. The second kappa shape index (κ2) is 7.97. The van der Waals surface area contributed by atoms with Crippen LogP contribution in [0.5, 0.6) is 0 Å². The van der Waals surface area contributed by atoms with Gasteiger partial charge in [0, 0.05) is 30.3 Å². The lowest BCUT2D eigenvalue weighted by molar-refractivity contribution is 0.0688. The first kappa shape index (κ1) is 20.8. The van der Waals surface area contributed by atoms with Gasteiger partial charge in [-0.15, -0.1) is 0 Å². The van der Waals surface area contributed by atoms with E-state index >= 15 is 0 Å². The molecule has 160 valence electrons. The zero-order valence-corrected chi connectivity index (χ0v) is 17.3. The molecule has 2 heterocycles. The quantitative estimate of drug-likeness (QED) is 0.559. The molecule has 0 fully saturated rings. The predicted octanol–water partition coefficient (Wildman–Crippen LogP) is 1.90. The van der Waals surface area contributed by atoms with Crippen molar-refractivity contribution in [1.29, 1.82) is 0 Å². The van der Waals surface area contributed by atoms with E-state index in [1.165, 1.54) is 17.9 Å². The van der Waals surface area contributed by atoms with Crippen molar-refractivity contribution < 1.29 is 27.9 Å². The van der Waals surface area contributed by atoms with Gasteiger partial charge < -0.3 is 15.2 Å². The predicted molar refractivity (Wildman–Crippen MR) is 111 cm³/mol. The summed E-state index contributed by atoms with van der Waals surface area (Å²) < 4.78 is 31.8. The highest BCUT2D eigenvalue weighted by Crippen LogP contribution is 2.40. The van der Waals surface area contributed by atoms with Crippen molar-refractivity contribution in [2.75, 3.05) is 20.3 Å². The number of rotatable bonds is 6. The van der Waals surface area contributed by atoms with Crippen LogP contribution in [-0.4, -0.2) is 55.4 Å². The Morgan fingerprint density at radius 2 is 1.97 bits per heavy atom. The lowest BCUT2D eigenvalue weighted by atomic mass is 10.1. The number of benzene rings is 2. The Morgan fingerprint density at radius 3 is 2.71 bits per heavy atom. The largest absolute Gasteiger partial charge is 0.476 e. The Bertz CT molecular complexity index is 1300. The molecule has 1 aliphatic rings. The van der Waals surface area contributed by atoms with Crippen LogP contribution in [0.1, 0.15) is 26.4 Å². The van der Waals surface area contributed by atoms with E-state index in [1.807, 2.05) is 0 Å². The average Bonchev–Trinajstić information content (AvgIpc) is 3.13. The third-order valence-corrected chi connectivity index (χ3v) is 6.64. The number of aromatic nitrogens is 2. The number of aromatic carboxylic acids is 1. The SMILES string of the molecule is COCCNC(=O)c1cccc(-n2nc(C(=O)O)c3c2-c2ccccc2S(=O)(=O)C3)c1. The minimum Gasteiger partial charge on any atom is -0.476 e. The first-order chi connectivity index (χ1) is 14.8. The highest BCUT2D eigenvalue weighted by atomic mass is 32.2. The number of fused-ring (bicyclic) bond motifs is 3. The summed E-state index contributed by atoms with van der Waals surface area (Å²) in [5, 5.41) is 16.6. The topological polar surface area (TPSA) is 128 Å². The summed E-state index contributed by atoms with van der Waals surface area (Å²) in [5.41, 5.74) is 1.35. The number of ether oxygens (including phenoxy) is 1. The number of carbonyl (C=O) groups excluding carboxylic acids is 1. The summed E-state index contributed by atoms with van der Waals surface area (Å²) in [6, 6.07) is 12.9. The van der Waals surface area contributed by atoms with Crippen LogP contribution in [0.4, 0.5) is 0 Å². The molecule has 1 amide bonds. The van der Waals surface area contributed by atoms with E-state index in [2.05, 4.69) is 10.4 Å². The summed E-state index contributed by atoms with van der Waals surface area (Å²) in [6.07, 6.45) is 0. The van der Waals surface area contributed by atoms with Crippen LogP contribution < -0.4 is 5.32 Å². The van der Waals surface area contributed by atoms with Crippen molar-refractivity contribution in [3.05, 3.63) is 65.4 Å². The first-order valence-electron chi connectivity index (χ1n) is 9.38. The Kier molecular flexibility index (Phi) is 5.34. The van der Waals surface area contributed by atoms with Crippen molar-refractivity contribution in [2.24, 2.45) is 0 Å². The van der Waals surface area contributed by atoms with Crippen LogP contribution in [0.25, 0.3) is 16.9 Å². The molecule has 3 aromatic rings. The Labute approximate surface area is 178 Å². The van der Waals surface area contributed by atoms with Crippen LogP contribution in [0.15, 0.2) is 53.4 Å². The summed E-state index contributed by atoms with van der Waals surface area (Å²) in [5.74, 6) is -2.10. The van der Waals surface area contributed by atoms with Gasteiger partial charge in [-0.1, -0.05) is 24.3 Å². The van der Waals surface area contributed by atoms with Crippen molar-refractivity contribution in [3.63, 3.8) is 0 Å². The van der Waals surface area contributed by atoms with E-state index in [9.17, 15) is 23.1 Å². The maximum absolute atomic E-state index is 12.7. The number of hydrogen-bond donors (Lipinski definition) is 2. The van der Waals surface area contributed by atoms with E-state index < -0.39 is 21.6 Å². The van der Waals surface area contributed by atoms with Crippen molar-refractivity contribution in [1.82, 2.24) is 15.1 Å². The molecule has 1 aromatic heterocycles. The minimum absolute atomic E-state index is 0.119. The maximum atomic E-state index is 12.7. The first-order valence-corrected chi connectivity index (χ1v) is 11.0. The smallest absolute Gasteiger partial charge is 0.356 e. The monoisotopic (exact) mass is 441 g/mol. The molecule has 2 N–H and O–H groups in total. The van der Waals surface area contributed by atoms with Crippen molar-refractivity contribution in [3.8, 4) is 16.9 Å². The number of carbonyl (C=O) groups is 2. The number of hydrogen-bond acceptors (Lipinski definition) is 6. The van der Waals surface area contributed by atoms with Gasteiger partial charge in [0.1, 0.15) is 0 Å². The van der Waals surface area contributed by atoms with E-state index in [-0.39, 0.29) is 22.1 Å². The summed E-state index contributed by atoms with van der Waals surface area (Å²) in [7, 11) is -2.17. The van der Waals surface area contributed by atoms with Gasteiger partial charge in [-0.05, 0) is 24.3 Å². The molecule has 0 unspecified atom stereocenters. The molecule has 0 saturated heterocycles. The number of nitrogens with one attached hydrogen (secondary N) is 1. The number of sulfone groups is 1. The van der Waals surface area contributed by atoms with Gasteiger partial charge in [-0.25, -0.2) is 17.9 Å². The molecule has 0 spiro atoms. The van der Waals surface area contributed by atoms with Gasteiger partial charge in [0.2, 0.25) is 0 Å². The van der Waals surface area contributed by atoms with Crippen LogP contribution in [0, 0.1) is 0 Å². The van der Waals surface area contributed by atoms with Crippen molar-refractivity contribution >= 4 is 21.7 Å². The zero-order valence-electron chi connectivity index (χ0n) is 16.5. The van der Waals surface area contributed by atoms with Gasteiger partial charge in [0.15, 0.2) is 15.5 Å². The molecule has 0 saturated carbocycles. The highest BCUT2D eigenvalue weighted by molar-refractivity contribution is 7.90. The summed E-state index contributed by atoms with van der Waals surface area (Å²) in [6.45, 7) is 0.705. The molecular weight excluding hydrogens is 422 g/mol. The standard InChI is InChI=1S/C21H19N3O6S/c1-30-10-9-22-20(25)13-5-4-6-14(11-13)24-19-15-7-2-3-8-17(15)31(28,29)12-16(19)18(23-24)21(26)27/h2-8,11H,9-10,12H2,1H3,(H,22,25)(H,26,27). The minimum atomic E-state index is -3.71. The molecule has 1 aliphatic heterocycles. The Morgan fingerprint density at radius 1 is 1.19 bits per heavy atom. The molecule has 0 radical (unpaired) electrons. The average molecular weight is 441 g/mol. The van der Waals surface area contributed by atoms with Gasteiger partial charge in [0.25, 0.3) is 5.91 Å². The van der Waals surface area contributed by atoms with E-state index in [0.717, 1.165) is 0 Å². The fourth-order valence-electron chi connectivity index (χ4n) is 3.57. The van der Waals surface area contributed by atoms with Gasteiger partial charge in [-0.3, -0.25) is 4.79 Å². The summed E-state index contributed by atoms with van der Waals surface area (Å²) >= 11 is 0. The van der Waals surface area contributed by atoms with E-state index in [4.69, 9.17) is 4.74 Å². The summed E-state index contributed by atoms with van der Waals surface area (Å²) in [4.78, 5) is 24.4. The zero-order chi connectivity index (χ0) is 22.2. The second-order valence-electron chi connectivity index (χ2n) is 6.95. The fraction of sp³-hybridized carbons (Fsp3) is 0.190. The molecule has 0 atom stereocenters. The Balaban J connectivity index is 1.87. The second-order valence-corrected chi connectivity index (χ2v) is 8.90. The lowest BCUT2D eigenvalue weighted by Gasteiger charge is -2.19. The normalized spacial score (nSPS) is 13.8. The number of nitrogens with zero attached hydrogens (tertiary/aromatic N) is 2. The maximum Gasteiger partial charge on any atom is 0.356 e. The van der Waals surface area contributed by atoms with Crippen LogP contribution >= 0.6 is 0 Å². The molecule has 2 aromatic carbocycles. The van der Waals surface area contributed by atoms with Gasteiger partial charge in [-0.2, -0.15) is 5.10 Å². The lowest BCUT2D eigenvalue weighted by Crippen LogP contribution is -2.27. The molecule has 4 rings (SSSR count). The molecule has 31 heavy (non-hydrogen) atoms. The fourth-order valence-corrected chi connectivity index (χ4v) is 5.17. The number of carboxylic acid groups (broad SMARTS) is 1. The van der Waals surface area contributed by atoms with Gasteiger partial charge >= 0.3 is 5.97 Å². The van der Waals surface area contributed by atoms with Crippen LogP contribution in [0.2, 0.25) is 0 Å². The molecular formula is C21H19N3O6S. The molecule has 10 heteroatoms. The Hall–Kier alpha value is -3.50. The van der Waals surface area contributed by atoms with E-state index in [0.29, 0.717) is 35.7 Å². The van der Waals surface area contributed by atoms with E-state index in [1.54, 1.807) is 42.5 Å². The molecule has 0 bridgehead atoms. The van der Waals surface area contributed by atoms with Crippen LogP contribution in [0.3, 0.4) is 0 Å². The highest BCUT2D eigenvalue weighted by Gasteiger charge is 2.35. The van der Waals surface area contributed by atoms with Gasteiger partial charge in [0.05, 0.1) is 28.6 Å². The number of carboxylic acids is 1. The number of methoxy groups -OCH3 is 1. The number of amides is 1. The van der Waals surface area contributed by atoms with Crippen molar-refractivity contribution in [2.45, 2.75) is 10.6 Å².